The number of aromatic hydroxyl groups is 1. The average Bonchev–Trinajstić information content (AvgIpc) is 3.09. The van der Waals surface area contributed by atoms with Gasteiger partial charge in [0.25, 0.3) is 5.91 Å². The van der Waals surface area contributed by atoms with Crippen LogP contribution in [0.25, 0.3) is 0 Å². The fourth-order valence-electron chi connectivity index (χ4n) is 2.71. The summed E-state index contributed by atoms with van der Waals surface area (Å²) in [4.78, 5) is 27.1. The highest BCUT2D eigenvalue weighted by Gasteiger charge is 2.27. The van der Waals surface area contributed by atoms with Crippen LogP contribution in [0.4, 0.5) is 0 Å². The van der Waals surface area contributed by atoms with Crippen molar-refractivity contribution in [3.63, 3.8) is 0 Å². The van der Waals surface area contributed by atoms with Crippen molar-refractivity contribution in [2.24, 2.45) is 5.92 Å². The van der Waals surface area contributed by atoms with Crippen molar-refractivity contribution in [2.75, 3.05) is 6.54 Å². The topological polar surface area (TPSA) is 75.6 Å². The van der Waals surface area contributed by atoms with Crippen molar-refractivity contribution in [2.45, 2.75) is 59.0 Å². The van der Waals surface area contributed by atoms with Crippen LogP contribution in [0.15, 0.2) is 36.4 Å². The molecule has 0 spiro atoms. The van der Waals surface area contributed by atoms with E-state index in [1.165, 1.54) is 11.3 Å². The minimum Gasteiger partial charge on any atom is -0.508 e. The van der Waals surface area contributed by atoms with Crippen LogP contribution in [0.2, 0.25) is 0 Å². The first-order valence-electron chi connectivity index (χ1n) is 9.74. The molecule has 6 heteroatoms. The molecule has 2 N–H and O–H groups in total. The highest BCUT2D eigenvalue weighted by molar-refractivity contribution is 7.14. The van der Waals surface area contributed by atoms with Gasteiger partial charge in [-0.05, 0) is 62.4 Å². The Balaban J connectivity index is 2.09. The first-order chi connectivity index (χ1) is 13.3. The number of carbonyl (C=O) groups excluding carboxylic acids is 2. The number of phenolic OH excluding ortho intramolecular Hbond substituents is 1. The SMILES string of the molecule is CC(C)(C)OC(=O)C(CNC(=O)c1ccc(C(C)(C)C)s1)Cc1ccc(O)cc1. The maximum atomic E-state index is 12.7. The van der Waals surface area contributed by atoms with Crippen LogP contribution in [-0.2, 0) is 21.4 Å². The van der Waals surface area contributed by atoms with E-state index in [0.717, 1.165) is 10.4 Å². The highest BCUT2D eigenvalue weighted by atomic mass is 32.1. The van der Waals surface area contributed by atoms with E-state index in [1.54, 1.807) is 24.3 Å². The molecule has 1 aromatic heterocycles. The first-order valence-corrected chi connectivity index (χ1v) is 10.6. The van der Waals surface area contributed by atoms with Gasteiger partial charge in [0.1, 0.15) is 11.4 Å². The molecule has 158 valence electrons. The maximum Gasteiger partial charge on any atom is 0.311 e. The van der Waals surface area contributed by atoms with Gasteiger partial charge in [-0.1, -0.05) is 32.9 Å². The second-order valence-electron chi connectivity index (χ2n) is 9.22. The Bertz CT molecular complexity index is 841. The summed E-state index contributed by atoms with van der Waals surface area (Å²) in [5.41, 5.74) is 0.268. The molecule has 0 fully saturated rings. The summed E-state index contributed by atoms with van der Waals surface area (Å²) in [6, 6.07) is 10.5. The molecule has 1 aromatic carbocycles. The van der Waals surface area contributed by atoms with Crippen molar-refractivity contribution >= 4 is 23.2 Å². The number of amides is 1. The number of esters is 1. The molecule has 0 aliphatic rings. The van der Waals surface area contributed by atoms with Gasteiger partial charge in [-0.15, -0.1) is 11.3 Å². The summed E-state index contributed by atoms with van der Waals surface area (Å²) in [6.07, 6.45) is 0.410. The third kappa shape index (κ3) is 7.20. The van der Waals surface area contributed by atoms with Crippen LogP contribution < -0.4 is 5.32 Å². The molecule has 1 atom stereocenters. The minimum atomic E-state index is -0.607. The number of hydrogen-bond donors (Lipinski definition) is 2. The molecule has 1 unspecified atom stereocenters. The van der Waals surface area contributed by atoms with E-state index in [-0.39, 0.29) is 29.6 Å². The zero-order valence-electron chi connectivity index (χ0n) is 18.0. The van der Waals surface area contributed by atoms with E-state index < -0.39 is 11.5 Å². The first kappa shape index (κ1) is 22.9. The van der Waals surface area contributed by atoms with E-state index in [4.69, 9.17) is 4.74 Å². The summed E-state index contributed by atoms with van der Waals surface area (Å²) in [5, 5.41) is 12.4. The Morgan fingerprint density at radius 2 is 1.66 bits per heavy atom. The summed E-state index contributed by atoms with van der Waals surface area (Å²) in [5.74, 6) is -0.898. The quantitative estimate of drug-likeness (QED) is 0.669. The number of carbonyl (C=O) groups is 2. The fraction of sp³-hybridized carbons (Fsp3) is 0.478. The third-order valence-corrected chi connectivity index (χ3v) is 5.75. The van der Waals surface area contributed by atoms with E-state index in [0.29, 0.717) is 11.3 Å². The second kappa shape index (κ2) is 8.99. The number of thiophene rings is 1. The van der Waals surface area contributed by atoms with Gasteiger partial charge in [-0.25, -0.2) is 0 Å². The summed E-state index contributed by atoms with van der Waals surface area (Å²) in [6.45, 7) is 12.0. The molecule has 2 rings (SSSR count). The van der Waals surface area contributed by atoms with Crippen LogP contribution in [-0.4, -0.2) is 29.1 Å². The maximum absolute atomic E-state index is 12.7. The number of ether oxygens (including phenoxy) is 1. The smallest absolute Gasteiger partial charge is 0.311 e. The molecule has 0 aliphatic heterocycles. The van der Waals surface area contributed by atoms with Crippen molar-refractivity contribution in [1.82, 2.24) is 5.32 Å². The number of benzene rings is 1. The number of rotatable bonds is 6. The van der Waals surface area contributed by atoms with Gasteiger partial charge in [0.2, 0.25) is 0 Å². The Morgan fingerprint density at radius 3 is 2.17 bits per heavy atom. The Kier molecular flexibility index (Phi) is 7.11. The lowest BCUT2D eigenvalue weighted by Crippen LogP contribution is -2.37. The van der Waals surface area contributed by atoms with Gasteiger partial charge in [-0.3, -0.25) is 9.59 Å². The van der Waals surface area contributed by atoms with Crippen LogP contribution in [0, 0.1) is 5.92 Å². The van der Waals surface area contributed by atoms with Gasteiger partial charge >= 0.3 is 5.97 Å². The molecule has 0 saturated heterocycles. The van der Waals surface area contributed by atoms with E-state index in [1.807, 2.05) is 32.9 Å². The van der Waals surface area contributed by atoms with Crippen molar-refractivity contribution in [1.29, 1.82) is 0 Å². The fourth-order valence-corrected chi connectivity index (χ4v) is 3.69. The molecule has 0 saturated carbocycles. The molecular formula is C23H31NO4S. The lowest BCUT2D eigenvalue weighted by molar-refractivity contribution is -0.159. The Hall–Kier alpha value is -2.34. The molecule has 5 nitrogen and oxygen atoms in total. The number of phenols is 1. The van der Waals surface area contributed by atoms with Crippen LogP contribution >= 0.6 is 11.3 Å². The molecular weight excluding hydrogens is 386 g/mol. The lowest BCUT2D eigenvalue weighted by atomic mass is 9.95. The molecule has 0 aliphatic carbocycles. The lowest BCUT2D eigenvalue weighted by Gasteiger charge is -2.24. The predicted molar refractivity (Wildman–Crippen MR) is 116 cm³/mol. The summed E-state index contributed by atoms with van der Waals surface area (Å²) in [7, 11) is 0. The second-order valence-corrected chi connectivity index (χ2v) is 10.3. The summed E-state index contributed by atoms with van der Waals surface area (Å²) >= 11 is 1.47. The standard InChI is InChI=1S/C23H31NO4S/c1-22(2,3)19-12-11-18(29-19)20(26)24-14-16(21(27)28-23(4,5)6)13-15-7-9-17(25)10-8-15/h7-12,16,25H,13-14H2,1-6H3,(H,24,26). The number of nitrogens with one attached hydrogen (secondary N) is 1. The van der Waals surface area contributed by atoms with Gasteiger partial charge < -0.3 is 15.2 Å². The zero-order chi connectivity index (χ0) is 21.8. The van der Waals surface area contributed by atoms with Gasteiger partial charge in [0.05, 0.1) is 10.8 Å². The minimum absolute atomic E-state index is 0.0128. The Labute approximate surface area is 177 Å². The monoisotopic (exact) mass is 417 g/mol. The largest absolute Gasteiger partial charge is 0.508 e. The van der Waals surface area contributed by atoms with Crippen LogP contribution in [0.5, 0.6) is 5.75 Å². The molecule has 0 radical (unpaired) electrons. The normalized spacial score (nSPS) is 13.0. The summed E-state index contributed by atoms with van der Waals surface area (Å²) < 4.78 is 5.55. The highest BCUT2D eigenvalue weighted by Crippen LogP contribution is 2.29. The van der Waals surface area contributed by atoms with Gasteiger partial charge in [0, 0.05) is 11.4 Å². The molecule has 29 heavy (non-hydrogen) atoms. The third-order valence-electron chi connectivity index (χ3n) is 4.24. The predicted octanol–water partition coefficient (Wildman–Crippen LogP) is 4.68. The van der Waals surface area contributed by atoms with Gasteiger partial charge in [-0.2, -0.15) is 0 Å². The molecule has 0 bridgehead atoms. The number of hydrogen-bond acceptors (Lipinski definition) is 5. The molecule has 1 amide bonds. The molecule has 2 aromatic rings. The van der Waals surface area contributed by atoms with E-state index in [2.05, 4.69) is 26.1 Å². The van der Waals surface area contributed by atoms with E-state index >= 15 is 0 Å². The van der Waals surface area contributed by atoms with Gasteiger partial charge in [0.15, 0.2) is 0 Å². The zero-order valence-corrected chi connectivity index (χ0v) is 18.9. The van der Waals surface area contributed by atoms with E-state index in [9.17, 15) is 14.7 Å². The van der Waals surface area contributed by atoms with Crippen molar-refractivity contribution < 1.29 is 19.4 Å². The van der Waals surface area contributed by atoms with Crippen LogP contribution in [0.3, 0.4) is 0 Å². The average molecular weight is 418 g/mol. The van der Waals surface area contributed by atoms with Crippen molar-refractivity contribution in [3.8, 4) is 5.75 Å². The van der Waals surface area contributed by atoms with Crippen molar-refractivity contribution in [3.05, 3.63) is 51.7 Å². The Morgan fingerprint density at radius 1 is 1.03 bits per heavy atom. The van der Waals surface area contributed by atoms with Crippen LogP contribution in [0.1, 0.15) is 61.7 Å². The molecule has 1 heterocycles.